The quantitative estimate of drug-likeness (QED) is 0.866. The van der Waals surface area contributed by atoms with Gasteiger partial charge in [-0.15, -0.1) is 5.10 Å². The summed E-state index contributed by atoms with van der Waals surface area (Å²) in [5.41, 5.74) is 1.77. The molecule has 0 aliphatic carbocycles. The number of nitrogens with zero attached hydrogens (tertiary/aromatic N) is 3. The van der Waals surface area contributed by atoms with Gasteiger partial charge in [0.05, 0.1) is 11.6 Å². The number of halogens is 1. The number of benzene rings is 1. The number of likely N-dealkylation sites (tertiary alicyclic amines) is 1. The number of aryl methyl sites for hydroxylation is 1. The summed E-state index contributed by atoms with van der Waals surface area (Å²) in [6.45, 7) is 3.38. The van der Waals surface area contributed by atoms with Gasteiger partial charge in [-0.25, -0.2) is 0 Å². The zero-order chi connectivity index (χ0) is 17.8. The third kappa shape index (κ3) is 4.35. The third-order valence-corrected chi connectivity index (χ3v) is 5.39. The lowest BCUT2D eigenvalue weighted by Crippen LogP contribution is -2.35. The molecule has 0 unspecified atom stereocenters. The lowest BCUT2D eigenvalue weighted by Gasteiger charge is -2.15. The van der Waals surface area contributed by atoms with E-state index in [0.29, 0.717) is 41.6 Å². The molecule has 132 valence electrons. The van der Waals surface area contributed by atoms with E-state index in [4.69, 9.17) is 11.6 Å². The Morgan fingerprint density at radius 3 is 2.80 bits per heavy atom. The molecule has 0 spiro atoms. The first kappa shape index (κ1) is 17.8. The Labute approximate surface area is 155 Å². The molecule has 6 nitrogen and oxygen atoms in total. The van der Waals surface area contributed by atoms with Crippen molar-refractivity contribution in [1.29, 1.82) is 0 Å². The van der Waals surface area contributed by atoms with Crippen LogP contribution in [0.1, 0.15) is 27.3 Å². The number of amides is 2. The molecule has 1 aromatic heterocycles. The van der Waals surface area contributed by atoms with Gasteiger partial charge in [0.1, 0.15) is 4.88 Å². The Bertz CT molecular complexity index is 762. The average Bonchev–Trinajstić information content (AvgIpc) is 3.25. The maximum absolute atomic E-state index is 12.4. The summed E-state index contributed by atoms with van der Waals surface area (Å²) in [7, 11) is 0. The molecule has 0 radical (unpaired) electrons. The van der Waals surface area contributed by atoms with Gasteiger partial charge in [-0.2, -0.15) is 0 Å². The van der Waals surface area contributed by atoms with Gasteiger partial charge in [-0.05, 0) is 49.0 Å². The van der Waals surface area contributed by atoms with Gasteiger partial charge < -0.3 is 10.2 Å². The van der Waals surface area contributed by atoms with Crippen LogP contribution in [0, 0.1) is 12.8 Å². The molecule has 1 saturated heterocycles. The monoisotopic (exact) mass is 378 g/mol. The highest BCUT2D eigenvalue weighted by molar-refractivity contribution is 7.07. The van der Waals surface area contributed by atoms with Crippen LogP contribution < -0.4 is 5.32 Å². The fourth-order valence-corrected chi connectivity index (χ4v) is 3.61. The SMILES string of the molecule is Cc1nnsc1C(=O)N1CC[C@@H](C(=O)NCCc2ccc(Cl)cc2)C1. The minimum absolute atomic E-state index is 0.00316. The topological polar surface area (TPSA) is 75.2 Å². The Hall–Kier alpha value is -1.99. The van der Waals surface area contributed by atoms with Crippen LogP contribution in [0.25, 0.3) is 0 Å². The van der Waals surface area contributed by atoms with Crippen molar-refractivity contribution in [2.75, 3.05) is 19.6 Å². The predicted molar refractivity (Wildman–Crippen MR) is 96.8 cm³/mol. The molecule has 1 N–H and O–H groups in total. The van der Waals surface area contributed by atoms with E-state index < -0.39 is 0 Å². The number of carbonyl (C=O) groups excluding carboxylic acids is 2. The van der Waals surface area contributed by atoms with Crippen LogP contribution in [-0.2, 0) is 11.2 Å². The normalized spacial score (nSPS) is 16.9. The molecule has 1 aromatic carbocycles. The lowest BCUT2D eigenvalue weighted by atomic mass is 10.1. The maximum Gasteiger partial charge on any atom is 0.267 e. The molecule has 3 rings (SSSR count). The number of hydrogen-bond donors (Lipinski definition) is 1. The molecule has 2 amide bonds. The summed E-state index contributed by atoms with van der Waals surface area (Å²) in [5.74, 6) is -0.234. The first-order valence-electron chi connectivity index (χ1n) is 8.15. The summed E-state index contributed by atoms with van der Waals surface area (Å²) in [6.07, 6.45) is 1.44. The van der Waals surface area contributed by atoms with Gasteiger partial charge in [0.2, 0.25) is 5.91 Å². The van der Waals surface area contributed by atoms with E-state index in [2.05, 4.69) is 14.9 Å². The Balaban J connectivity index is 1.46. The standard InChI is InChI=1S/C17H19ClN4O2S/c1-11-15(25-21-20-11)17(24)22-9-7-13(10-22)16(23)19-8-6-12-2-4-14(18)5-3-12/h2-5,13H,6-10H2,1H3,(H,19,23)/t13-/m1/s1. The molecule has 1 aliphatic rings. The van der Waals surface area contributed by atoms with E-state index in [1.807, 2.05) is 24.3 Å². The highest BCUT2D eigenvalue weighted by Gasteiger charge is 2.32. The van der Waals surface area contributed by atoms with Gasteiger partial charge >= 0.3 is 0 Å². The largest absolute Gasteiger partial charge is 0.355 e. The van der Waals surface area contributed by atoms with Crippen molar-refractivity contribution in [2.45, 2.75) is 19.8 Å². The van der Waals surface area contributed by atoms with Crippen molar-refractivity contribution in [3.63, 3.8) is 0 Å². The molecule has 25 heavy (non-hydrogen) atoms. The summed E-state index contributed by atoms with van der Waals surface area (Å²) < 4.78 is 3.80. The Morgan fingerprint density at radius 2 is 2.12 bits per heavy atom. The number of rotatable bonds is 5. The van der Waals surface area contributed by atoms with Crippen molar-refractivity contribution >= 4 is 34.9 Å². The summed E-state index contributed by atoms with van der Waals surface area (Å²) in [4.78, 5) is 27.0. The summed E-state index contributed by atoms with van der Waals surface area (Å²) in [6, 6.07) is 7.59. The van der Waals surface area contributed by atoms with E-state index in [1.54, 1.807) is 11.8 Å². The summed E-state index contributed by atoms with van der Waals surface area (Å²) in [5, 5.41) is 7.54. The van der Waals surface area contributed by atoms with E-state index in [9.17, 15) is 9.59 Å². The molecule has 1 fully saturated rings. The van der Waals surface area contributed by atoms with Gasteiger partial charge in [-0.3, -0.25) is 9.59 Å². The molecule has 0 bridgehead atoms. The highest BCUT2D eigenvalue weighted by atomic mass is 35.5. The number of nitrogens with one attached hydrogen (secondary N) is 1. The molecule has 1 aliphatic heterocycles. The molecule has 1 atom stereocenters. The lowest BCUT2D eigenvalue weighted by molar-refractivity contribution is -0.124. The minimum atomic E-state index is -0.157. The average molecular weight is 379 g/mol. The predicted octanol–water partition coefficient (Wildman–Crippen LogP) is 2.32. The highest BCUT2D eigenvalue weighted by Crippen LogP contribution is 2.21. The third-order valence-electron chi connectivity index (χ3n) is 4.32. The van der Waals surface area contributed by atoms with Crippen LogP contribution >= 0.6 is 23.1 Å². The number of hydrogen-bond acceptors (Lipinski definition) is 5. The van der Waals surface area contributed by atoms with Gasteiger partial charge in [0, 0.05) is 24.7 Å². The van der Waals surface area contributed by atoms with Crippen LogP contribution in [0.5, 0.6) is 0 Å². The van der Waals surface area contributed by atoms with E-state index in [1.165, 1.54) is 0 Å². The maximum atomic E-state index is 12.4. The molecular weight excluding hydrogens is 360 g/mol. The first-order valence-corrected chi connectivity index (χ1v) is 9.30. The second kappa shape index (κ2) is 7.93. The first-order chi connectivity index (χ1) is 12.0. The van der Waals surface area contributed by atoms with Crippen molar-refractivity contribution in [1.82, 2.24) is 19.8 Å². The van der Waals surface area contributed by atoms with Crippen molar-refractivity contribution in [3.8, 4) is 0 Å². The van der Waals surface area contributed by atoms with Crippen LogP contribution in [-0.4, -0.2) is 45.9 Å². The van der Waals surface area contributed by atoms with Gasteiger partial charge in [0.25, 0.3) is 5.91 Å². The van der Waals surface area contributed by atoms with Crippen LogP contribution in [0.4, 0.5) is 0 Å². The van der Waals surface area contributed by atoms with Crippen molar-refractivity contribution in [3.05, 3.63) is 45.4 Å². The van der Waals surface area contributed by atoms with Gasteiger partial charge in [-0.1, -0.05) is 28.2 Å². The second-order valence-electron chi connectivity index (χ2n) is 6.09. The molecule has 2 aromatic rings. The Morgan fingerprint density at radius 1 is 1.36 bits per heavy atom. The molecule has 2 heterocycles. The fourth-order valence-electron chi connectivity index (χ4n) is 2.86. The van der Waals surface area contributed by atoms with Crippen molar-refractivity contribution < 1.29 is 9.59 Å². The molecule has 8 heteroatoms. The number of aromatic nitrogens is 2. The van der Waals surface area contributed by atoms with Crippen LogP contribution in [0.15, 0.2) is 24.3 Å². The second-order valence-corrected chi connectivity index (χ2v) is 7.28. The van der Waals surface area contributed by atoms with Gasteiger partial charge in [0.15, 0.2) is 0 Å². The smallest absolute Gasteiger partial charge is 0.267 e. The Kier molecular flexibility index (Phi) is 5.65. The van der Waals surface area contributed by atoms with E-state index in [-0.39, 0.29) is 17.7 Å². The summed E-state index contributed by atoms with van der Waals surface area (Å²) >= 11 is 6.96. The fraction of sp³-hybridized carbons (Fsp3) is 0.412. The van der Waals surface area contributed by atoms with E-state index >= 15 is 0 Å². The van der Waals surface area contributed by atoms with Crippen LogP contribution in [0.2, 0.25) is 5.02 Å². The molecular formula is C17H19ClN4O2S. The zero-order valence-corrected chi connectivity index (χ0v) is 15.4. The molecule has 0 saturated carbocycles. The minimum Gasteiger partial charge on any atom is -0.355 e. The number of carbonyl (C=O) groups is 2. The van der Waals surface area contributed by atoms with Crippen molar-refractivity contribution in [2.24, 2.45) is 5.92 Å². The van der Waals surface area contributed by atoms with Crippen LogP contribution in [0.3, 0.4) is 0 Å². The zero-order valence-electron chi connectivity index (χ0n) is 13.9. The van der Waals surface area contributed by atoms with E-state index in [0.717, 1.165) is 23.5 Å².